The van der Waals surface area contributed by atoms with Crippen LogP contribution in [0.2, 0.25) is 0 Å². The Labute approximate surface area is 107 Å². The molecule has 0 rings (SSSR count). The number of amides is 1. The van der Waals surface area contributed by atoms with Gasteiger partial charge >= 0.3 is 12.1 Å². The third kappa shape index (κ3) is 7.67. The molecule has 0 aromatic rings. The molecule has 0 spiro atoms. The molecule has 0 saturated heterocycles. The molecule has 6 heteroatoms. The van der Waals surface area contributed by atoms with Crippen molar-refractivity contribution in [2.75, 3.05) is 19.8 Å². The van der Waals surface area contributed by atoms with Gasteiger partial charge in [0.05, 0.1) is 6.61 Å². The maximum atomic E-state index is 11.3. The van der Waals surface area contributed by atoms with Crippen LogP contribution in [0.3, 0.4) is 0 Å². The predicted octanol–water partition coefficient (Wildman–Crippen LogP) is 0.993. The molecule has 6 nitrogen and oxygen atoms in total. The van der Waals surface area contributed by atoms with Crippen molar-refractivity contribution in [2.45, 2.75) is 32.8 Å². The Morgan fingerprint density at radius 2 is 2.11 bits per heavy atom. The van der Waals surface area contributed by atoms with Gasteiger partial charge in [0.25, 0.3) is 0 Å². The van der Waals surface area contributed by atoms with Gasteiger partial charge in [0.15, 0.2) is 6.10 Å². The van der Waals surface area contributed by atoms with E-state index in [4.69, 9.17) is 14.6 Å². The van der Waals surface area contributed by atoms with Crippen molar-refractivity contribution in [1.82, 2.24) is 5.32 Å². The summed E-state index contributed by atoms with van der Waals surface area (Å²) in [5, 5.41) is 11.5. The number of aliphatic hydroxyl groups excluding tert-OH is 1. The number of aliphatic hydroxyl groups is 1. The van der Waals surface area contributed by atoms with Gasteiger partial charge in [0, 0.05) is 12.1 Å². The smallest absolute Gasteiger partial charge is 0.407 e. The van der Waals surface area contributed by atoms with Gasteiger partial charge in [-0.1, -0.05) is 19.9 Å². The van der Waals surface area contributed by atoms with Gasteiger partial charge in [0.1, 0.15) is 6.61 Å². The van der Waals surface area contributed by atoms with Crippen molar-refractivity contribution >= 4 is 12.1 Å². The molecule has 104 valence electrons. The monoisotopic (exact) mass is 259 g/mol. The zero-order chi connectivity index (χ0) is 14.0. The first-order valence-corrected chi connectivity index (χ1v) is 5.89. The molecular formula is C12H21NO5. The lowest BCUT2D eigenvalue weighted by molar-refractivity contribution is -0.142. The summed E-state index contributed by atoms with van der Waals surface area (Å²) in [6.45, 7) is 6.83. The minimum absolute atomic E-state index is 0.191. The van der Waals surface area contributed by atoms with Gasteiger partial charge in [-0.3, -0.25) is 0 Å². The molecule has 0 aromatic carbocycles. The van der Waals surface area contributed by atoms with Gasteiger partial charge in [-0.2, -0.15) is 0 Å². The number of carbonyl (C=O) groups excluding carboxylic acids is 2. The molecule has 0 heterocycles. The van der Waals surface area contributed by atoms with Crippen LogP contribution in [-0.2, 0) is 14.3 Å². The topological polar surface area (TPSA) is 84.9 Å². The first kappa shape index (κ1) is 16.4. The second-order valence-electron chi connectivity index (χ2n) is 3.87. The summed E-state index contributed by atoms with van der Waals surface area (Å²) in [5.74, 6) is -0.580. The highest BCUT2D eigenvalue weighted by Crippen LogP contribution is 1.98. The highest BCUT2D eigenvalue weighted by Gasteiger charge is 2.15. The lowest BCUT2D eigenvalue weighted by atomic mass is 10.3. The summed E-state index contributed by atoms with van der Waals surface area (Å²) < 4.78 is 9.65. The van der Waals surface area contributed by atoms with E-state index >= 15 is 0 Å². The third-order valence-corrected chi connectivity index (χ3v) is 2.03. The zero-order valence-electron chi connectivity index (χ0n) is 10.9. The first-order chi connectivity index (χ1) is 8.51. The Balaban J connectivity index is 3.92. The summed E-state index contributed by atoms with van der Waals surface area (Å²) in [5.41, 5.74) is 0.249. The van der Waals surface area contributed by atoms with Crippen molar-refractivity contribution in [3.05, 3.63) is 12.2 Å². The summed E-state index contributed by atoms with van der Waals surface area (Å²) in [7, 11) is 0. The van der Waals surface area contributed by atoms with Crippen molar-refractivity contribution < 1.29 is 24.2 Å². The SMILES string of the molecule is C=C(C)C(=O)OCC(CO)OC(=O)NCCCC. The van der Waals surface area contributed by atoms with Crippen LogP contribution in [0.15, 0.2) is 12.2 Å². The van der Waals surface area contributed by atoms with E-state index in [9.17, 15) is 9.59 Å². The molecule has 0 aliphatic carbocycles. The maximum absolute atomic E-state index is 11.3. The van der Waals surface area contributed by atoms with E-state index in [0.29, 0.717) is 6.54 Å². The third-order valence-electron chi connectivity index (χ3n) is 2.03. The van der Waals surface area contributed by atoms with Crippen molar-refractivity contribution in [1.29, 1.82) is 0 Å². The fourth-order valence-electron chi connectivity index (χ4n) is 0.976. The van der Waals surface area contributed by atoms with Crippen LogP contribution in [0.25, 0.3) is 0 Å². The van der Waals surface area contributed by atoms with Crippen molar-refractivity contribution in [3.8, 4) is 0 Å². The summed E-state index contributed by atoms with van der Waals surface area (Å²) >= 11 is 0. The molecule has 0 aliphatic heterocycles. The highest BCUT2D eigenvalue weighted by molar-refractivity contribution is 5.86. The molecule has 18 heavy (non-hydrogen) atoms. The molecule has 0 bridgehead atoms. The molecule has 0 saturated carbocycles. The Morgan fingerprint density at radius 1 is 1.44 bits per heavy atom. The second-order valence-corrected chi connectivity index (χ2v) is 3.87. The molecule has 0 radical (unpaired) electrons. The lowest BCUT2D eigenvalue weighted by Crippen LogP contribution is -2.34. The molecule has 1 atom stereocenters. The zero-order valence-corrected chi connectivity index (χ0v) is 10.9. The van der Waals surface area contributed by atoms with Gasteiger partial charge in [-0.05, 0) is 13.3 Å². The van der Waals surface area contributed by atoms with E-state index in [1.54, 1.807) is 0 Å². The molecule has 0 aromatic heterocycles. The molecule has 2 N–H and O–H groups in total. The number of alkyl carbamates (subject to hydrolysis) is 1. The van der Waals surface area contributed by atoms with Crippen LogP contribution < -0.4 is 5.32 Å². The highest BCUT2D eigenvalue weighted by atomic mass is 16.6. The average molecular weight is 259 g/mol. The van der Waals surface area contributed by atoms with Gasteiger partial charge in [-0.25, -0.2) is 9.59 Å². The number of hydrogen-bond acceptors (Lipinski definition) is 5. The molecule has 0 aliphatic rings. The minimum atomic E-state index is -0.866. The number of hydrogen-bond donors (Lipinski definition) is 2. The maximum Gasteiger partial charge on any atom is 0.407 e. The van der Waals surface area contributed by atoms with E-state index < -0.39 is 24.8 Å². The van der Waals surface area contributed by atoms with E-state index in [1.807, 2.05) is 6.92 Å². The van der Waals surface area contributed by atoms with Gasteiger partial charge < -0.3 is 19.9 Å². The first-order valence-electron chi connectivity index (χ1n) is 5.89. The fourth-order valence-corrected chi connectivity index (χ4v) is 0.976. The lowest BCUT2D eigenvalue weighted by Gasteiger charge is -2.16. The molecular weight excluding hydrogens is 238 g/mol. The van der Waals surface area contributed by atoms with Crippen LogP contribution in [-0.4, -0.2) is 43.0 Å². The van der Waals surface area contributed by atoms with E-state index in [-0.39, 0.29) is 12.2 Å². The summed E-state index contributed by atoms with van der Waals surface area (Å²) in [4.78, 5) is 22.4. The van der Waals surface area contributed by atoms with E-state index in [2.05, 4.69) is 11.9 Å². The van der Waals surface area contributed by atoms with Gasteiger partial charge in [-0.15, -0.1) is 0 Å². The molecule has 1 amide bonds. The average Bonchev–Trinajstić information content (AvgIpc) is 2.34. The molecule has 0 fully saturated rings. The van der Waals surface area contributed by atoms with Crippen LogP contribution in [0.5, 0.6) is 0 Å². The normalized spacial score (nSPS) is 11.5. The van der Waals surface area contributed by atoms with Gasteiger partial charge in [0.2, 0.25) is 0 Å². The van der Waals surface area contributed by atoms with E-state index in [0.717, 1.165) is 12.8 Å². The summed E-state index contributed by atoms with van der Waals surface area (Å²) in [6.07, 6.45) is 0.313. The Bertz CT molecular complexity index is 290. The standard InChI is InChI=1S/C12H21NO5/c1-4-5-6-13-12(16)18-10(7-14)8-17-11(15)9(2)3/h10,14H,2,4-8H2,1,3H3,(H,13,16). The largest absolute Gasteiger partial charge is 0.458 e. The van der Waals surface area contributed by atoms with Crippen LogP contribution >= 0.6 is 0 Å². The van der Waals surface area contributed by atoms with Crippen molar-refractivity contribution in [3.63, 3.8) is 0 Å². The predicted molar refractivity (Wildman–Crippen MR) is 66.0 cm³/mol. The number of rotatable bonds is 8. The number of unbranched alkanes of at least 4 members (excludes halogenated alkanes) is 1. The van der Waals surface area contributed by atoms with E-state index in [1.165, 1.54) is 6.92 Å². The number of nitrogens with one attached hydrogen (secondary N) is 1. The second kappa shape index (κ2) is 9.47. The fraction of sp³-hybridized carbons (Fsp3) is 0.667. The quantitative estimate of drug-likeness (QED) is 0.386. The Hall–Kier alpha value is -1.56. The number of ether oxygens (including phenoxy) is 2. The van der Waals surface area contributed by atoms with Crippen LogP contribution in [0.4, 0.5) is 4.79 Å². The van der Waals surface area contributed by atoms with Crippen molar-refractivity contribution in [2.24, 2.45) is 0 Å². The molecule has 1 unspecified atom stereocenters. The Morgan fingerprint density at radius 3 is 2.61 bits per heavy atom. The summed E-state index contributed by atoms with van der Waals surface area (Å²) in [6, 6.07) is 0. The van der Waals surface area contributed by atoms with Crippen LogP contribution in [0, 0.1) is 0 Å². The Kier molecular flexibility index (Phi) is 8.65. The van der Waals surface area contributed by atoms with Crippen LogP contribution in [0.1, 0.15) is 26.7 Å². The minimum Gasteiger partial charge on any atom is -0.458 e. The number of carbonyl (C=O) groups is 2. The number of esters is 1.